The Bertz CT molecular complexity index is 816. The smallest absolute Gasteiger partial charge is 0.165 e. The molecule has 2 aromatic rings. The maximum atomic E-state index is 10.7. The lowest BCUT2D eigenvalue weighted by Crippen LogP contribution is -2.37. The lowest BCUT2D eigenvalue weighted by Gasteiger charge is -2.28. The van der Waals surface area contributed by atoms with Gasteiger partial charge >= 0.3 is 0 Å². The third-order valence-electron chi connectivity index (χ3n) is 4.38. The molecule has 144 valence electrons. The molecule has 3 rings (SSSR count). The fraction of sp³-hybridized carbons (Fsp3) is 0.667. The molecule has 0 N–H and O–H groups in total. The van der Waals surface area contributed by atoms with Crippen molar-refractivity contribution in [3.8, 4) is 0 Å². The van der Waals surface area contributed by atoms with Crippen molar-refractivity contribution < 1.29 is 22.4 Å². The summed E-state index contributed by atoms with van der Waals surface area (Å²) in [5.41, 5.74) is 1.10. The van der Waals surface area contributed by atoms with Gasteiger partial charge in [-0.1, -0.05) is 18.5 Å². The quantitative estimate of drug-likeness (QED) is 0.531. The van der Waals surface area contributed by atoms with Crippen molar-refractivity contribution in [2.75, 3.05) is 6.61 Å². The molecule has 2 aromatic heterocycles. The summed E-state index contributed by atoms with van der Waals surface area (Å²) in [6.07, 6.45) is 2.27. The topological polar surface area (TPSA) is 111 Å². The van der Waals surface area contributed by atoms with Crippen LogP contribution in [-0.4, -0.2) is 52.9 Å². The summed E-state index contributed by atoms with van der Waals surface area (Å²) in [5.74, 6) is -1.02. The van der Waals surface area contributed by atoms with Crippen molar-refractivity contribution in [2.45, 2.75) is 51.7 Å². The van der Waals surface area contributed by atoms with Crippen molar-refractivity contribution in [1.82, 2.24) is 19.5 Å². The molecule has 1 saturated heterocycles. The van der Waals surface area contributed by atoms with E-state index in [-0.39, 0.29) is 35.9 Å². The summed E-state index contributed by atoms with van der Waals surface area (Å²) >= 11 is 3.50. The van der Waals surface area contributed by atoms with Crippen molar-refractivity contribution in [3.05, 3.63) is 17.8 Å². The van der Waals surface area contributed by atoms with Gasteiger partial charge in [0, 0.05) is 5.92 Å². The summed E-state index contributed by atoms with van der Waals surface area (Å²) in [5, 5.41) is 0.279. The van der Waals surface area contributed by atoms with Crippen LogP contribution in [0.4, 0.5) is 0 Å². The van der Waals surface area contributed by atoms with Crippen molar-refractivity contribution in [1.29, 1.82) is 0 Å². The van der Waals surface area contributed by atoms with Crippen LogP contribution in [0, 0.1) is 5.92 Å². The Morgan fingerprint density at radius 2 is 2.04 bits per heavy atom. The van der Waals surface area contributed by atoms with Crippen LogP contribution in [0.1, 0.15) is 33.7 Å². The average molecular weight is 404 g/mol. The predicted molar refractivity (Wildman–Crippen MR) is 92.9 cm³/mol. The minimum atomic E-state index is -2.57. The van der Waals surface area contributed by atoms with Gasteiger partial charge in [0.05, 0.1) is 36.4 Å². The SMILES string of the molecule is C[C@H](COS(=O)[O-])[C@H]1OC(C)(C)O[C@H]1[C@@H](C)n1cnc2c(Cl)ncnc21. The minimum absolute atomic E-state index is 0.00210. The molecule has 5 atom stereocenters. The third-order valence-corrected chi connectivity index (χ3v) is 4.99. The number of aromatic nitrogens is 4. The van der Waals surface area contributed by atoms with Gasteiger partial charge < -0.3 is 22.8 Å². The molecule has 0 aliphatic carbocycles. The maximum Gasteiger partial charge on any atom is 0.165 e. The van der Waals surface area contributed by atoms with E-state index < -0.39 is 17.1 Å². The molecule has 11 heteroatoms. The van der Waals surface area contributed by atoms with E-state index in [1.807, 2.05) is 32.3 Å². The molecule has 0 saturated carbocycles. The first-order valence-electron chi connectivity index (χ1n) is 8.11. The Labute approximate surface area is 158 Å². The van der Waals surface area contributed by atoms with Gasteiger partial charge in [-0.3, -0.25) is 0 Å². The summed E-state index contributed by atoms with van der Waals surface area (Å²) in [7, 11) is 0. The second-order valence-corrected chi connectivity index (χ2v) is 7.76. The second kappa shape index (κ2) is 7.45. The second-order valence-electron chi connectivity index (χ2n) is 6.76. The number of hydrogen-bond donors (Lipinski definition) is 0. The summed E-state index contributed by atoms with van der Waals surface area (Å²) < 4.78 is 40.1. The monoisotopic (exact) mass is 403 g/mol. The molecular weight excluding hydrogens is 384 g/mol. The number of nitrogens with zero attached hydrogens (tertiary/aromatic N) is 4. The molecule has 26 heavy (non-hydrogen) atoms. The van der Waals surface area contributed by atoms with E-state index in [2.05, 4.69) is 15.0 Å². The lowest BCUT2D eigenvalue weighted by atomic mass is 9.96. The van der Waals surface area contributed by atoms with Gasteiger partial charge in [0.1, 0.15) is 17.9 Å². The van der Waals surface area contributed by atoms with Crippen molar-refractivity contribution in [2.24, 2.45) is 5.92 Å². The Morgan fingerprint density at radius 1 is 1.35 bits per heavy atom. The molecule has 9 nitrogen and oxygen atoms in total. The zero-order chi connectivity index (χ0) is 19.1. The fourth-order valence-corrected chi connectivity index (χ4v) is 3.67. The molecule has 0 aromatic carbocycles. The van der Waals surface area contributed by atoms with Gasteiger partial charge in [0.15, 0.2) is 16.6 Å². The first kappa shape index (κ1) is 19.6. The van der Waals surface area contributed by atoms with Crippen LogP contribution in [0.3, 0.4) is 0 Å². The molecule has 0 spiro atoms. The Hall–Kier alpha value is -1.17. The van der Waals surface area contributed by atoms with Gasteiger partial charge in [-0.05, 0) is 20.8 Å². The Morgan fingerprint density at radius 3 is 2.73 bits per heavy atom. The summed E-state index contributed by atoms with van der Waals surface area (Å²) in [4.78, 5) is 12.5. The number of hydrogen-bond acceptors (Lipinski definition) is 8. The molecule has 0 radical (unpaired) electrons. The molecule has 1 fully saturated rings. The van der Waals surface area contributed by atoms with E-state index in [9.17, 15) is 8.76 Å². The van der Waals surface area contributed by atoms with E-state index in [4.69, 9.17) is 25.3 Å². The van der Waals surface area contributed by atoms with Crippen LogP contribution in [0.25, 0.3) is 11.2 Å². The van der Waals surface area contributed by atoms with Gasteiger partial charge in [-0.15, -0.1) is 0 Å². The first-order valence-corrected chi connectivity index (χ1v) is 9.48. The lowest BCUT2D eigenvalue weighted by molar-refractivity contribution is -0.153. The van der Waals surface area contributed by atoms with Gasteiger partial charge in [-0.2, -0.15) is 0 Å². The first-order chi connectivity index (χ1) is 12.2. The van der Waals surface area contributed by atoms with E-state index in [1.165, 1.54) is 6.33 Å². The average Bonchev–Trinajstić information content (AvgIpc) is 3.13. The number of fused-ring (bicyclic) bond motifs is 1. The molecule has 0 amide bonds. The number of ether oxygens (including phenoxy) is 2. The molecule has 3 heterocycles. The number of imidazole rings is 1. The van der Waals surface area contributed by atoms with Crippen LogP contribution in [0.15, 0.2) is 12.7 Å². The molecule has 1 unspecified atom stereocenters. The normalized spacial score (nSPS) is 26.1. The molecule has 1 aliphatic heterocycles. The van der Waals surface area contributed by atoms with Gasteiger partial charge in [0.2, 0.25) is 0 Å². The van der Waals surface area contributed by atoms with E-state index in [1.54, 1.807) is 6.33 Å². The van der Waals surface area contributed by atoms with Crippen LogP contribution < -0.4 is 0 Å². The van der Waals surface area contributed by atoms with E-state index in [0.29, 0.717) is 11.2 Å². The standard InChI is InChI=1S/C15H21ClN4O5S/c1-8(5-23-26(21)22)11-12(25-15(3,4)24-11)9(2)20-7-19-10-13(16)17-6-18-14(10)20/h6-9,11-12H,5H2,1-4H3,(H,21,22)/p-1/t8-,9-,11-,12+/m1/s1. The van der Waals surface area contributed by atoms with E-state index in [0.717, 1.165) is 0 Å². The van der Waals surface area contributed by atoms with Crippen LogP contribution in [0.5, 0.6) is 0 Å². The largest absolute Gasteiger partial charge is 0.750 e. The van der Waals surface area contributed by atoms with Crippen molar-refractivity contribution in [3.63, 3.8) is 0 Å². The summed E-state index contributed by atoms with van der Waals surface area (Å²) in [6.45, 7) is 7.45. The maximum absolute atomic E-state index is 10.7. The molecular formula is C15H20ClN4O5S-. The predicted octanol–water partition coefficient (Wildman–Crippen LogP) is 2.01. The zero-order valence-corrected chi connectivity index (χ0v) is 16.4. The van der Waals surface area contributed by atoms with Crippen LogP contribution >= 0.6 is 11.6 Å². The van der Waals surface area contributed by atoms with Crippen LogP contribution in [-0.2, 0) is 25.0 Å². The van der Waals surface area contributed by atoms with Crippen LogP contribution in [0.2, 0.25) is 5.15 Å². The highest BCUT2D eigenvalue weighted by Crippen LogP contribution is 2.38. The van der Waals surface area contributed by atoms with Gasteiger partial charge in [0.25, 0.3) is 0 Å². The minimum Gasteiger partial charge on any atom is -0.750 e. The molecule has 1 aliphatic rings. The van der Waals surface area contributed by atoms with Gasteiger partial charge in [-0.25, -0.2) is 19.2 Å². The number of halogens is 1. The summed E-state index contributed by atoms with van der Waals surface area (Å²) in [6, 6.07) is -0.196. The highest BCUT2D eigenvalue weighted by atomic mass is 35.5. The fourth-order valence-electron chi connectivity index (χ4n) is 3.17. The van der Waals surface area contributed by atoms with E-state index >= 15 is 0 Å². The Balaban J connectivity index is 1.88. The molecule has 0 bridgehead atoms. The highest BCUT2D eigenvalue weighted by molar-refractivity contribution is 7.74. The number of rotatable bonds is 6. The highest BCUT2D eigenvalue weighted by Gasteiger charge is 2.47. The third kappa shape index (κ3) is 3.90. The Kier molecular flexibility index (Phi) is 5.61. The zero-order valence-electron chi connectivity index (χ0n) is 14.8. The van der Waals surface area contributed by atoms with Crippen molar-refractivity contribution >= 4 is 34.1 Å².